The van der Waals surface area contributed by atoms with Gasteiger partial charge in [0.15, 0.2) is 0 Å². The lowest BCUT2D eigenvalue weighted by molar-refractivity contribution is 0.0426. The van der Waals surface area contributed by atoms with Gasteiger partial charge in [0.2, 0.25) is 0 Å². The molecule has 4 bridgehead atoms. The summed E-state index contributed by atoms with van der Waals surface area (Å²) in [5.74, 6) is 4.48. The SMILES string of the molecule is C[C@@H]1CC2C[C@H](C1)[C@@]1(c3ccccc3-c3ccc(N(c4ccc5c(c4)C(C)(C)c4ccccc4-5)c4cccc5c4-c4ccccc4[C@@]54CC5CC[C@H]4C5)cc31)[C@@H](C)C2. The molecule has 0 saturated heterocycles. The van der Waals surface area contributed by atoms with E-state index in [1.807, 2.05) is 0 Å². The third-order valence-electron chi connectivity index (χ3n) is 17.6. The highest BCUT2D eigenvalue weighted by molar-refractivity contribution is 5.97. The Morgan fingerprint density at radius 2 is 1.10 bits per heavy atom. The molecule has 4 saturated carbocycles. The molecule has 0 N–H and O–H groups in total. The monoisotopic (exact) mass is 753 g/mol. The van der Waals surface area contributed by atoms with Crippen LogP contribution in [0.15, 0.2) is 127 Å². The smallest absolute Gasteiger partial charge is 0.0543 e. The summed E-state index contributed by atoms with van der Waals surface area (Å²) in [6.07, 6.45) is 10.9. The maximum Gasteiger partial charge on any atom is 0.0543 e. The van der Waals surface area contributed by atoms with Crippen LogP contribution in [0.4, 0.5) is 17.1 Å². The van der Waals surface area contributed by atoms with E-state index < -0.39 is 0 Å². The van der Waals surface area contributed by atoms with Crippen LogP contribution in [0.2, 0.25) is 0 Å². The lowest BCUT2D eigenvalue weighted by atomic mass is 9.49. The molecular formula is C57H55N. The van der Waals surface area contributed by atoms with Gasteiger partial charge in [-0.15, -0.1) is 0 Å². The van der Waals surface area contributed by atoms with Gasteiger partial charge in [-0.25, -0.2) is 0 Å². The molecule has 58 heavy (non-hydrogen) atoms. The van der Waals surface area contributed by atoms with Gasteiger partial charge >= 0.3 is 0 Å². The Labute approximate surface area is 345 Å². The number of rotatable bonds is 3. The molecule has 1 heteroatoms. The highest BCUT2D eigenvalue weighted by Gasteiger charge is 2.58. The summed E-state index contributed by atoms with van der Waals surface area (Å²) in [5.41, 5.74) is 21.9. The molecule has 6 aromatic carbocycles. The molecule has 8 atom stereocenters. The minimum Gasteiger partial charge on any atom is -0.310 e. The van der Waals surface area contributed by atoms with Crippen LogP contribution in [0, 0.1) is 35.5 Å². The molecule has 0 aromatic heterocycles. The normalized spacial score (nSPS) is 30.8. The van der Waals surface area contributed by atoms with E-state index in [2.05, 4.69) is 160 Å². The van der Waals surface area contributed by atoms with Gasteiger partial charge in [0.25, 0.3) is 0 Å². The van der Waals surface area contributed by atoms with Crippen molar-refractivity contribution in [2.75, 3.05) is 4.90 Å². The van der Waals surface area contributed by atoms with Crippen LogP contribution < -0.4 is 4.90 Å². The first kappa shape index (κ1) is 34.0. The predicted octanol–water partition coefficient (Wildman–Crippen LogP) is 14.9. The van der Waals surface area contributed by atoms with Crippen LogP contribution >= 0.6 is 0 Å². The van der Waals surface area contributed by atoms with Crippen molar-refractivity contribution in [1.29, 1.82) is 0 Å². The van der Waals surface area contributed by atoms with E-state index in [0.29, 0.717) is 11.8 Å². The van der Waals surface area contributed by atoms with Crippen LogP contribution in [-0.2, 0) is 16.2 Å². The summed E-state index contributed by atoms with van der Waals surface area (Å²) in [5, 5.41) is 0. The lowest BCUT2D eigenvalue weighted by Crippen LogP contribution is -2.49. The van der Waals surface area contributed by atoms with Crippen LogP contribution in [0.1, 0.15) is 112 Å². The molecule has 2 unspecified atom stereocenters. The first-order valence-electron chi connectivity index (χ1n) is 22.8. The summed E-state index contributed by atoms with van der Waals surface area (Å²) in [4.78, 5) is 2.71. The zero-order valence-corrected chi connectivity index (χ0v) is 34.7. The average Bonchev–Trinajstić information content (AvgIpc) is 4.03. The Morgan fingerprint density at radius 1 is 0.483 bits per heavy atom. The van der Waals surface area contributed by atoms with Crippen molar-refractivity contribution >= 4 is 17.1 Å². The summed E-state index contributed by atoms with van der Waals surface area (Å²) in [6.45, 7) is 10.0. The Kier molecular flexibility index (Phi) is 6.84. The third kappa shape index (κ3) is 4.14. The number of hydrogen-bond donors (Lipinski definition) is 0. The molecule has 1 nitrogen and oxygen atoms in total. The molecule has 13 rings (SSSR count). The fraction of sp³-hybridized carbons (Fsp3) is 0.368. The van der Waals surface area contributed by atoms with Crippen molar-refractivity contribution in [2.45, 2.75) is 95.3 Å². The fourth-order valence-corrected chi connectivity index (χ4v) is 15.7. The molecule has 6 aromatic rings. The van der Waals surface area contributed by atoms with E-state index in [-0.39, 0.29) is 16.2 Å². The van der Waals surface area contributed by atoms with Gasteiger partial charge in [-0.05, 0) is 172 Å². The second-order valence-corrected chi connectivity index (χ2v) is 20.7. The number of nitrogens with zero attached hydrogens (tertiary/aromatic N) is 1. The number of hydrogen-bond acceptors (Lipinski definition) is 1. The predicted molar refractivity (Wildman–Crippen MR) is 240 cm³/mol. The number of fused-ring (bicyclic) bond motifs is 19. The van der Waals surface area contributed by atoms with Crippen LogP contribution in [-0.4, -0.2) is 0 Å². The van der Waals surface area contributed by atoms with Gasteiger partial charge in [-0.2, -0.15) is 0 Å². The van der Waals surface area contributed by atoms with Gasteiger partial charge in [0.1, 0.15) is 0 Å². The molecule has 7 aliphatic rings. The quantitative estimate of drug-likeness (QED) is 0.174. The largest absolute Gasteiger partial charge is 0.310 e. The summed E-state index contributed by atoms with van der Waals surface area (Å²) in [6, 6.07) is 50.8. The molecule has 0 amide bonds. The molecule has 0 aliphatic heterocycles. The van der Waals surface area contributed by atoms with E-state index in [9.17, 15) is 0 Å². The minimum absolute atomic E-state index is 0.0404. The highest BCUT2D eigenvalue weighted by Crippen LogP contribution is 2.68. The minimum atomic E-state index is -0.0820. The second kappa shape index (κ2) is 11.7. The highest BCUT2D eigenvalue weighted by atomic mass is 15.1. The van der Waals surface area contributed by atoms with Crippen molar-refractivity contribution in [3.63, 3.8) is 0 Å². The Balaban J connectivity index is 1.07. The molecule has 2 spiro atoms. The summed E-state index contributed by atoms with van der Waals surface area (Å²) < 4.78 is 0. The molecule has 0 heterocycles. The van der Waals surface area contributed by atoms with Gasteiger partial charge < -0.3 is 4.90 Å². The Hall–Kier alpha value is -4.88. The topological polar surface area (TPSA) is 3.24 Å². The van der Waals surface area contributed by atoms with E-state index in [4.69, 9.17) is 0 Å². The lowest BCUT2D eigenvalue weighted by Gasteiger charge is -2.54. The first-order valence-corrected chi connectivity index (χ1v) is 22.8. The molecular weight excluding hydrogens is 699 g/mol. The Morgan fingerprint density at radius 3 is 1.84 bits per heavy atom. The molecule has 4 fully saturated rings. The number of benzene rings is 6. The van der Waals surface area contributed by atoms with E-state index in [1.54, 1.807) is 22.3 Å². The van der Waals surface area contributed by atoms with Gasteiger partial charge in [0, 0.05) is 33.2 Å². The molecule has 0 radical (unpaired) electrons. The van der Waals surface area contributed by atoms with Crippen molar-refractivity contribution in [1.82, 2.24) is 0 Å². The van der Waals surface area contributed by atoms with Gasteiger partial charge in [0.05, 0.1) is 5.69 Å². The first-order chi connectivity index (χ1) is 28.3. The van der Waals surface area contributed by atoms with Crippen molar-refractivity contribution in [3.8, 4) is 33.4 Å². The van der Waals surface area contributed by atoms with Crippen LogP contribution in [0.5, 0.6) is 0 Å². The summed E-state index contributed by atoms with van der Waals surface area (Å²) >= 11 is 0. The summed E-state index contributed by atoms with van der Waals surface area (Å²) in [7, 11) is 0. The number of anilines is 3. The van der Waals surface area contributed by atoms with E-state index >= 15 is 0 Å². The zero-order valence-electron chi connectivity index (χ0n) is 34.7. The molecule has 288 valence electrons. The van der Waals surface area contributed by atoms with E-state index in [0.717, 1.165) is 23.7 Å². The van der Waals surface area contributed by atoms with Crippen molar-refractivity contribution in [3.05, 3.63) is 161 Å². The Bertz CT molecular complexity index is 2710. The second-order valence-electron chi connectivity index (χ2n) is 20.7. The molecule has 7 aliphatic carbocycles. The van der Waals surface area contributed by atoms with Crippen LogP contribution in [0.25, 0.3) is 33.4 Å². The van der Waals surface area contributed by atoms with Gasteiger partial charge in [-0.3, -0.25) is 0 Å². The zero-order chi connectivity index (χ0) is 38.7. The van der Waals surface area contributed by atoms with Crippen molar-refractivity contribution < 1.29 is 0 Å². The van der Waals surface area contributed by atoms with Crippen molar-refractivity contribution in [2.24, 2.45) is 35.5 Å². The van der Waals surface area contributed by atoms with E-state index in [1.165, 1.54) is 113 Å². The maximum atomic E-state index is 2.71. The third-order valence-corrected chi connectivity index (χ3v) is 17.6. The fourth-order valence-electron chi connectivity index (χ4n) is 15.7. The van der Waals surface area contributed by atoms with Gasteiger partial charge in [-0.1, -0.05) is 131 Å². The standard InChI is InChI=1S/C57H55N/c1-34-26-37-28-35(2)57(39(27-34)30-37)49-17-10-6-13-43(49)45-25-23-41(32-52(45)57)58(40-22-24-44-42-12-5-8-15-47(42)55(3,4)51(44)31-40)53-19-11-18-50-54(53)46-14-7-9-16-48(46)56(50)33-36-20-21-38(56)29-36/h5-19,22-25,31-32,34-39H,20-21,26-30,33H2,1-4H3/t34-,35+,36?,37?,38+,39+,56+,57-/m1/s1. The van der Waals surface area contributed by atoms with Crippen LogP contribution in [0.3, 0.4) is 0 Å². The average molecular weight is 754 g/mol. The maximum absolute atomic E-state index is 2.71.